The second-order valence-corrected chi connectivity index (χ2v) is 16.1. The van der Waals surface area contributed by atoms with Gasteiger partial charge in [0.1, 0.15) is 11.2 Å². The van der Waals surface area contributed by atoms with E-state index in [0.29, 0.717) is 23.9 Å². The number of ether oxygens (including phenoxy) is 4. The highest BCUT2D eigenvalue weighted by Gasteiger charge is 2.23. The van der Waals surface area contributed by atoms with Crippen LogP contribution >= 0.6 is 0 Å². The van der Waals surface area contributed by atoms with E-state index >= 15 is 0 Å². The molecule has 2 fully saturated rings. The van der Waals surface area contributed by atoms with Crippen molar-refractivity contribution in [2.45, 2.75) is 45.4 Å². The summed E-state index contributed by atoms with van der Waals surface area (Å²) in [6.07, 6.45) is 3.41. The van der Waals surface area contributed by atoms with Crippen LogP contribution in [0, 0.1) is 0 Å². The Labute approximate surface area is 342 Å². The highest BCUT2D eigenvalue weighted by atomic mass is 16.7. The van der Waals surface area contributed by atoms with Gasteiger partial charge in [-0.25, -0.2) is 9.59 Å². The number of hydrogen-bond acceptors (Lipinski definition) is 12. The van der Waals surface area contributed by atoms with Gasteiger partial charge in [-0.15, -0.1) is 0 Å². The minimum absolute atomic E-state index is 0.203. The van der Waals surface area contributed by atoms with Crippen molar-refractivity contribution in [2.24, 2.45) is 0 Å². The molecule has 59 heavy (non-hydrogen) atoms. The summed E-state index contributed by atoms with van der Waals surface area (Å²) in [6, 6.07) is 28.1. The maximum atomic E-state index is 12.2. The summed E-state index contributed by atoms with van der Waals surface area (Å²) in [6.45, 7) is 11.9. The molecule has 11 rings (SSSR count). The molecule has 12 nitrogen and oxygen atoms in total. The minimum atomic E-state index is -0.330. The molecule has 0 unspecified atom stereocenters. The zero-order valence-corrected chi connectivity index (χ0v) is 33.2. The number of piperazine rings is 2. The molecule has 6 aromatic rings. The van der Waals surface area contributed by atoms with E-state index < -0.39 is 0 Å². The first-order chi connectivity index (χ1) is 29.0. The fourth-order valence-electron chi connectivity index (χ4n) is 9.00. The maximum absolute atomic E-state index is 12.2. The largest absolute Gasteiger partial charge is 0.454 e. The Morgan fingerprint density at radius 3 is 1.56 bits per heavy atom. The van der Waals surface area contributed by atoms with Crippen molar-refractivity contribution in [3.05, 3.63) is 139 Å². The van der Waals surface area contributed by atoms with Crippen molar-refractivity contribution < 1.29 is 27.8 Å². The maximum Gasteiger partial charge on any atom is 0.336 e. The average Bonchev–Trinajstić information content (AvgIpc) is 4.03. The molecule has 2 saturated heterocycles. The first-order valence-corrected chi connectivity index (χ1v) is 20.7. The standard InChI is InChI=1S/C25H26N2O4.C22H22N2O4/c28-25-13-20(21-11-18-2-1-3-19(18)12-23(21)31-25)15-27-8-6-26(7-9-27)14-17-4-5-22-24(10-17)30-16-29-22;25-22-10-17(18-11-20-21(27-15-26-20)12-19(18)28-22)14-24-8-6-23(7-9-24)13-16-4-2-1-3-5-16/h4-5,10-13H,1-3,6-9,14-16H2;1-5,10-12H,6-9,13-15H2. The van der Waals surface area contributed by atoms with Gasteiger partial charge < -0.3 is 27.8 Å². The lowest BCUT2D eigenvalue weighted by molar-refractivity contribution is 0.122. The molecule has 0 radical (unpaired) electrons. The van der Waals surface area contributed by atoms with Crippen LogP contribution in [-0.4, -0.2) is 85.5 Å². The fourth-order valence-corrected chi connectivity index (χ4v) is 9.00. The quantitative estimate of drug-likeness (QED) is 0.165. The SMILES string of the molecule is O=c1cc(CN2CCN(Cc3ccc4c(c3)OCO4)CC2)c2cc3c(cc2o1)CCC3.O=c1cc(CN2CCN(Cc3ccccc3)CC2)c2cc3c(cc2o1)OCO3. The monoisotopic (exact) mass is 796 g/mol. The molecule has 5 aliphatic rings. The fraction of sp³-hybridized carbons (Fsp3) is 0.362. The number of benzene rings is 4. The minimum Gasteiger partial charge on any atom is -0.454 e. The van der Waals surface area contributed by atoms with E-state index in [0.717, 1.165) is 130 Å². The summed E-state index contributed by atoms with van der Waals surface area (Å²) in [7, 11) is 0. The van der Waals surface area contributed by atoms with Crippen LogP contribution in [0.1, 0.15) is 39.8 Å². The lowest BCUT2D eigenvalue weighted by atomic mass is 10.0. The molecule has 0 amide bonds. The zero-order valence-electron chi connectivity index (χ0n) is 33.2. The predicted octanol–water partition coefficient (Wildman–Crippen LogP) is 6.17. The van der Waals surface area contributed by atoms with Crippen LogP contribution in [0.5, 0.6) is 23.0 Å². The molecule has 0 spiro atoms. The molecule has 0 bridgehead atoms. The van der Waals surface area contributed by atoms with Crippen molar-refractivity contribution in [1.82, 2.24) is 19.6 Å². The van der Waals surface area contributed by atoms with E-state index in [1.165, 1.54) is 28.7 Å². The summed E-state index contributed by atoms with van der Waals surface area (Å²) in [4.78, 5) is 34.0. The molecule has 0 atom stereocenters. The lowest BCUT2D eigenvalue weighted by Crippen LogP contribution is -2.45. The van der Waals surface area contributed by atoms with Gasteiger partial charge in [0.25, 0.3) is 0 Å². The van der Waals surface area contributed by atoms with Gasteiger partial charge in [-0.1, -0.05) is 36.4 Å². The number of fused-ring (bicyclic) bond motifs is 5. The number of hydrogen-bond donors (Lipinski definition) is 0. The smallest absolute Gasteiger partial charge is 0.336 e. The van der Waals surface area contributed by atoms with Gasteiger partial charge in [-0.2, -0.15) is 0 Å². The molecular formula is C47H48N4O8. The van der Waals surface area contributed by atoms with Crippen LogP contribution in [0.4, 0.5) is 0 Å². The van der Waals surface area contributed by atoms with Crippen molar-refractivity contribution in [3.8, 4) is 23.0 Å². The van der Waals surface area contributed by atoms with Gasteiger partial charge in [0, 0.05) is 108 Å². The van der Waals surface area contributed by atoms with Gasteiger partial charge in [-0.05, 0) is 83.0 Å². The average molecular weight is 797 g/mol. The van der Waals surface area contributed by atoms with Crippen LogP contribution in [0.15, 0.2) is 103 Å². The topological polar surface area (TPSA) is 110 Å². The van der Waals surface area contributed by atoms with Crippen molar-refractivity contribution in [3.63, 3.8) is 0 Å². The van der Waals surface area contributed by atoms with Crippen molar-refractivity contribution in [1.29, 1.82) is 0 Å². The normalized spacial score (nSPS) is 18.0. The second-order valence-electron chi connectivity index (χ2n) is 16.1. The van der Waals surface area contributed by atoms with Gasteiger partial charge >= 0.3 is 11.3 Å². The highest BCUT2D eigenvalue weighted by molar-refractivity contribution is 5.84. The lowest BCUT2D eigenvalue weighted by Gasteiger charge is -2.34. The summed E-state index contributed by atoms with van der Waals surface area (Å²) >= 11 is 0. The van der Waals surface area contributed by atoms with E-state index in [1.807, 2.05) is 12.1 Å². The van der Waals surface area contributed by atoms with Gasteiger partial charge in [0.2, 0.25) is 13.6 Å². The predicted molar refractivity (Wildman–Crippen MR) is 223 cm³/mol. The van der Waals surface area contributed by atoms with Crippen molar-refractivity contribution >= 4 is 21.9 Å². The van der Waals surface area contributed by atoms with Crippen LogP contribution in [0.25, 0.3) is 21.9 Å². The Bertz CT molecular complexity index is 2590. The Morgan fingerprint density at radius 2 is 0.932 bits per heavy atom. The Hall–Kier alpha value is -5.66. The van der Waals surface area contributed by atoms with E-state index in [1.54, 1.807) is 18.2 Å². The first-order valence-electron chi connectivity index (χ1n) is 20.7. The summed E-state index contributed by atoms with van der Waals surface area (Å²) in [5.74, 6) is 3.01. The molecule has 4 aromatic carbocycles. The molecule has 4 aliphatic heterocycles. The highest BCUT2D eigenvalue weighted by Crippen LogP contribution is 2.37. The molecule has 6 heterocycles. The second kappa shape index (κ2) is 16.5. The van der Waals surface area contributed by atoms with E-state index in [2.05, 4.69) is 74.2 Å². The van der Waals surface area contributed by atoms with Crippen LogP contribution in [0.2, 0.25) is 0 Å². The number of aryl methyl sites for hydroxylation is 2. The Balaban J connectivity index is 0.000000143. The molecule has 12 heteroatoms. The van der Waals surface area contributed by atoms with Crippen LogP contribution in [0.3, 0.4) is 0 Å². The number of nitrogens with zero attached hydrogens (tertiary/aromatic N) is 4. The third-order valence-corrected chi connectivity index (χ3v) is 12.2. The Morgan fingerprint density at radius 1 is 0.441 bits per heavy atom. The third kappa shape index (κ3) is 8.44. The molecular weight excluding hydrogens is 749 g/mol. The summed E-state index contributed by atoms with van der Waals surface area (Å²) in [5, 5.41) is 2.01. The zero-order chi connectivity index (χ0) is 39.7. The molecule has 0 N–H and O–H groups in total. The third-order valence-electron chi connectivity index (χ3n) is 12.2. The molecule has 304 valence electrons. The Kier molecular flexibility index (Phi) is 10.5. The number of rotatable bonds is 8. The molecule has 0 saturated carbocycles. The van der Waals surface area contributed by atoms with Crippen LogP contribution in [-0.2, 0) is 39.0 Å². The summed E-state index contributed by atoms with van der Waals surface area (Å²) < 4.78 is 32.7. The summed E-state index contributed by atoms with van der Waals surface area (Å²) in [5.41, 5.74) is 8.12. The first kappa shape index (κ1) is 37.6. The molecule has 1 aliphatic carbocycles. The van der Waals surface area contributed by atoms with Gasteiger partial charge in [0.15, 0.2) is 23.0 Å². The van der Waals surface area contributed by atoms with Gasteiger partial charge in [-0.3, -0.25) is 19.6 Å². The van der Waals surface area contributed by atoms with Crippen LogP contribution < -0.4 is 30.2 Å². The van der Waals surface area contributed by atoms with E-state index in [9.17, 15) is 9.59 Å². The van der Waals surface area contributed by atoms with E-state index in [-0.39, 0.29) is 18.0 Å². The van der Waals surface area contributed by atoms with Gasteiger partial charge in [0.05, 0.1) is 0 Å². The van der Waals surface area contributed by atoms with Crippen molar-refractivity contribution in [2.75, 3.05) is 65.9 Å². The van der Waals surface area contributed by atoms with E-state index in [4.69, 9.17) is 27.8 Å². The molecule has 2 aromatic heterocycles.